The Morgan fingerprint density at radius 3 is 2.76 bits per heavy atom. The summed E-state index contributed by atoms with van der Waals surface area (Å²) in [6.45, 7) is 4.15. The molecule has 0 amide bonds. The smallest absolute Gasteiger partial charge is 0.329 e. The molecule has 0 bridgehead atoms. The van der Waals surface area contributed by atoms with E-state index in [4.69, 9.17) is 4.42 Å². The minimum atomic E-state index is -3.88. The summed E-state index contributed by atoms with van der Waals surface area (Å²) >= 11 is 3.21. The van der Waals surface area contributed by atoms with Crippen LogP contribution < -0.4 is 10.0 Å². The number of aryl methyl sites for hydroxylation is 1. The largest absolute Gasteiger partial charge is 0.408 e. The van der Waals surface area contributed by atoms with E-state index >= 15 is 0 Å². The average Bonchev–Trinajstić information content (AvgIpc) is 2.82. The molecule has 0 aliphatic carbocycles. The second-order valence-electron chi connectivity index (χ2n) is 4.16. The number of aromatic nitrogens is 3. The third kappa shape index (κ3) is 3.91. The molecule has 0 fully saturated rings. The summed E-state index contributed by atoms with van der Waals surface area (Å²) in [6.07, 6.45) is 2.36. The van der Waals surface area contributed by atoms with Gasteiger partial charge in [0.25, 0.3) is 10.0 Å². The molecular formula is C11H14BrN5O3S. The maximum atomic E-state index is 12.4. The van der Waals surface area contributed by atoms with Gasteiger partial charge in [0, 0.05) is 24.1 Å². The third-order valence-corrected chi connectivity index (χ3v) is 4.17. The lowest BCUT2D eigenvalue weighted by atomic mass is 10.4. The Morgan fingerprint density at radius 2 is 2.14 bits per heavy atom. The van der Waals surface area contributed by atoms with Crippen molar-refractivity contribution in [2.75, 3.05) is 16.6 Å². The molecule has 2 N–H and O–H groups in total. The van der Waals surface area contributed by atoms with Crippen molar-refractivity contribution in [2.24, 2.45) is 0 Å². The van der Waals surface area contributed by atoms with E-state index in [0.29, 0.717) is 11.0 Å². The molecule has 10 heteroatoms. The number of sulfonamides is 1. The topological polar surface area (TPSA) is 110 Å². The van der Waals surface area contributed by atoms with E-state index in [2.05, 4.69) is 41.2 Å². The zero-order valence-corrected chi connectivity index (χ0v) is 13.8. The molecule has 0 unspecified atom stereocenters. The van der Waals surface area contributed by atoms with Crippen LogP contribution in [0, 0.1) is 6.92 Å². The van der Waals surface area contributed by atoms with Gasteiger partial charge in [-0.25, -0.2) is 18.1 Å². The maximum Gasteiger partial charge on any atom is 0.329 e. The first-order valence-corrected chi connectivity index (χ1v) is 8.42. The van der Waals surface area contributed by atoms with Gasteiger partial charge >= 0.3 is 6.01 Å². The molecule has 21 heavy (non-hydrogen) atoms. The summed E-state index contributed by atoms with van der Waals surface area (Å²) in [5.41, 5.74) is 0. The monoisotopic (exact) mass is 375 g/mol. The van der Waals surface area contributed by atoms with Crippen molar-refractivity contribution < 1.29 is 12.8 Å². The summed E-state index contributed by atoms with van der Waals surface area (Å²) in [4.78, 5) is 4.09. The average molecular weight is 376 g/mol. The van der Waals surface area contributed by atoms with E-state index in [9.17, 15) is 8.42 Å². The second-order valence-corrected chi connectivity index (χ2v) is 6.73. The Kier molecular flexibility index (Phi) is 4.78. The molecule has 8 nitrogen and oxygen atoms in total. The van der Waals surface area contributed by atoms with Crippen LogP contribution in [0.1, 0.15) is 19.2 Å². The lowest BCUT2D eigenvalue weighted by molar-refractivity contribution is 0.534. The van der Waals surface area contributed by atoms with Gasteiger partial charge in [-0.1, -0.05) is 12.0 Å². The highest BCUT2D eigenvalue weighted by molar-refractivity contribution is 9.10. The minimum Gasteiger partial charge on any atom is -0.408 e. The van der Waals surface area contributed by atoms with Gasteiger partial charge in [0.2, 0.25) is 5.89 Å². The van der Waals surface area contributed by atoms with E-state index in [-0.39, 0.29) is 22.6 Å². The van der Waals surface area contributed by atoms with Crippen LogP contribution in [0.4, 0.5) is 11.8 Å². The van der Waals surface area contributed by atoms with E-state index in [1.807, 2.05) is 6.92 Å². The van der Waals surface area contributed by atoms with Crippen molar-refractivity contribution in [2.45, 2.75) is 25.2 Å². The van der Waals surface area contributed by atoms with E-state index in [0.717, 1.165) is 6.42 Å². The minimum absolute atomic E-state index is 0.00109. The zero-order chi connectivity index (χ0) is 15.5. The molecule has 2 aromatic rings. The van der Waals surface area contributed by atoms with Crippen LogP contribution in [0.15, 0.2) is 26.0 Å². The van der Waals surface area contributed by atoms with Crippen molar-refractivity contribution in [1.82, 2.24) is 15.2 Å². The molecule has 0 radical (unpaired) electrons. The standard InChI is InChI=1S/C11H14BrN5O3S/c1-3-4-13-10-9(5-8(12)6-14-10)21(18,19)17-11-16-15-7(2)20-11/h5-6H,3-4H2,1-2H3,(H,13,14)(H,16,17). The molecular weight excluding hydrogens is 362 g/mol. The van der Waals surface area contributed by atoms with Gasteiger partial charge in [0.15, 0.2) is 0 Å². The van der Waals surface area contributed by atoms with Crippen LogP contribution >= 0.6 is 15.9 Å². The highest BCUT2D eigenvalue weighted by Gasteiger charge is 2.22. The van der Waals surface area contributed by atoms with Gasteiger partial charge in [-0.3, -0.25) is 0 Å². The number of nitrogens with zero attached hydrogens (tertiary/aromatic N) is 3. The van der Waals surface area contributed by atoms with Gasteiger partial charge < -0.3 is 9.73 Å². The number of nitrogens with one attached hydrogen (secondary N) is 2. The summed E-state index contributed by atoms with van der Waals surface area (Å²) in [5.74, 6) is 0.535. The van der Waals surface area contributed by atoms with Crippen LogP contribution in [0.3, 0.4) is 0 Å². The van der Waals surface area contributed by atoms with E-state index in [1.165, 1.54) is 12.3 Å². The lowest BCUT2D eigenvalue weighted by Crippen LogP contribution is -2.17. The summed E-state index contributed by atoms with van der Waals surface area (Å²) < 4.78 is 32.6. The Labute approximate surface area is 130 Å². The fraction of sp³-hybridized carbons (Fsp3) is 0.364. The first-order chi connectivity index (χ1) is 9.92. The first kappa shape index (κ1) is 15.7. The Balaban J connectivity index is 2.35. The SMILES string of the molecule is CCCNc1ncc(Br)cc1S(=O)(=O)Nc1nnc(C)o1. The van der Waals surface area contributed by atoms with Gasteiger partial charge in [-0.05, 0) is 28.4 Å². The van der Waals surface area contributed by atoms with Gasteiger partial charge in [0.05, 0.1) is 0 Å². The predicted octanol–water partition coefficient (Wildman–Crippen LogP) is 2.16. The Hall–Kier alpha value is -1.68. The first-order valence-electron chi connectivity index (χ1n) is 6.14. The summed E-state index contributed by atoms with van der Waals surface area (Å²) in [5, 5.41) is 10.2. The molecule has 2 aromatic heterocycles. The Morgan fingerprint density at radius 1 is 1.38 bits per heavy atom. The Bertz CT molecular complexity index is 731. The predicted molar refractivity (Wildman–Crippen MR) is 80.6 cm³/mol. The van der Waals surface area contributed by atoms with Crippen LogP contribution in [0.2, 0.25) is 0 Å². The zero-order valence-electron chi connectivity index (χ0n) is 11.4. The van der Waals surface area contributed by atoms with Crippen molar-refractivity contribution >= 4 is 37.8 Å². The number of pyridine rings is 1. The second kappa shape index (κ2) is 6.39. The molecule has 0 aliphatic rings. The molecule has 2 heterocycles. The lowest BCUT2D eigenvalue weighted by Gasteiger charge is -2.11. The van der Waals surface area contributed by atoms with Crippen LogP contribution in [-0.2, 0) is 10.0 Å². The summed E-state index contributed by atoms with van der Waals surface area (Å²) in [6, 6.07) is 1.27. The quantitative estimate of drug-likeness (QED) is 0.795. The molecule has 0 saturated heterocycles. The van der Waals surface area contributed by atoms with Crippen LogP contribution in [-0.4, -0.2) is 30.1 Å². The molecule has 0 spiro atoms. The highest BCUT2D eigenvalue weighted by Crippen LogP contribution is 2.24. The highest BCUT2D eigenvalue weighted by atomic mass is 79.9. The normalized spacial score (nSPS) is 11.4. The van der Waals surface area contributed by atoms with Gasteiger partial charge in [-0.15, -0.1) is 5.10 Å². The molecule has 0 aromatic carbocycles. The number of hydrogen-bond acceptors (Lipinski definition) is 7. The van der Waals surface area contributed by atoms with Crippen molar-refractivity contribution in [3.63, 3.8) is 0 Å². The molecule has 0 saturated carbocycles. The molecule has 114 valence electrons. The number of halogens is 1. The number of anilines is 2. The van der Waals surface area contributed by atoms with Gasteiger partial charge in [0.1, 0.15) is 10.7 Å². The van der Waals surface area contributed by atoms with E-state index in [1.54, 1.807) is 6.92 Å². The number of hydrogen-bond donors (Lipinski definition) is 2. The van der Waals surface area contributed by atoms with Crippen LogP contribution in [0.5, 0.6) is 0 Å². The van der Waals surface area contributed by atoms with Crippen LogP contribution in [0.25, 0.3) is 0 Å². The maximum absolute atomic E-state index is 12.4. The molecule has 0 aliphatic heterocycles. The summed E-state index contributed by atoms with van der Waals surface area (Å²) in [7, 11) is -3.88. The van der Waals surface area contributed by atoms with Crippen molar-refractivity contribution in [1.29, 1.82) is 0 Å². The molecule has 2 rings (SSSR count). The van der Waals surface area contributed by atoms with E-state index < -0.39 is 10.0 Å². The van der Waals surface area contributed by atoms with Crippen molar-refractivity contribution in [3.8, 4) is 0 Å². The fourth-order valence-electron chi connectivity index (χ4n) is 1.51. The third-order valence-electron chi connectivity index (χ3n) is 2.40. The van der Waals surface area contributed by atoms with Gasteiger partial charge in [-0.2, -0.15) is 0 Å². The number of rotatable bonds is 6. The van der Waals surface area contributed by atoms with Crippen molar-refractivity contribution in [3.05, 3.63) is 22.6 Å². The molecule has 0 atom stereocenters. The fourth-order valence-corrected chi connectivity index (χ4v) is 3.08.